The van der Waals surface area contributed by atoms with Gasteiger partial charge in [0.25, 0.3) is 0 Å². The molecule has 1 aliphatic rings. The maximum absolute atomic E-state index is 5.30. The lowest BCUT2D eigenvalue weighted by Gasteiger charge is -2.27. The Morgan fingerprint density at radius 2 is 1.85 bits per heavy atom. The van der Waals surface area contributed by atoms with Gasteiger partial charge in [-0.2, -0.15) is 0 Å². The molecular formula is C24H30N2O. The average molecular weight is 363 g/mol. The molecule has 0 bridgehead atoms. The second-order valence-electron chi connectivity index (χ2n) is 7.13. The van der Waals surface area contributed by atoms with Crippen molar-refractivity contribution in [2.45, 2.75) is 39.5 Å². The van der Waals surface area contributed by atoms with E-state index in [2.05, 4.69) is 69.1 Å². The minimum atomic E-state index is 0.284. The topological polar surface area (TPSA) is 25.4 Å². The number of likely N-dealkylation sites (N-methyl/N-ethyl adjacent to an activating group) is 1. The number of hydrogen-bond donors (Lipinski definition) is 0. The molecule has 1 aliphatic heterocycles. The third-order valence-corrected chi connectivity index (χ3v) is 5.43. The Labute approximate surface area is 163 Å². The smallest absolute Gasteiger partial charge is 0.118 e. The number of hydrogen-bond acceptors (Lipinski definition) is 3. The summed E-state index contributed by atoms with van der Waals surface area (Å²) in [5.41, 5.74) is 7.37. The maximum atomic E-state index is 5.30. The predicted molar refractivity (Wildman–Crippen MR) is 113 cm³/mol. The molecule has 1 aromatic carbocycles. The van der Waals surface area contributed by atoms with Gasteiger partial charge < -0.3 is 9.64 Å². The van der Waals surface area contributed by atoms with Crippen LogP contribution in [0.15, 0.2) is 54.2 Å². The summed E-state index contributed by atoms with van der Waals surface area (Å²) in [6.45, 7) is 7.57. The molecule has 142 valence electrons. The van der Waals surface area contributed by atoms with E-state index in [9.17, 15) is 0 Å². The van der Waals surface area contributed by atoms with Crippen molar-refractivity contribution in [1.29, 1.82) is 0 Å². The van der Waals surface area contributed by atoms with Crippen LogP contribution >= 0.6 is 0 Å². The summed E-state index contributed by atoms with van der Waals surface area (Å²) in [4.78, 5) is 7.48. The Morgan fingerprint density at radius 1 is 1.11 bits per heavy atom. The predicted octanol–water partition coefficient (Wildman–Crippen LogP) is 5.56. The molecule has 3 nitrogen and oxygen atoms in total. The van der Waals surface area contributed by atoms with Crippen LogP contribution in [0.2, 0.25) is 0 Å². The molecule has 0 radical (unpaired) electrons. The first-order chi connectivity index (χ1) is 13.1. The summed E-state index contributed by atoms with van der Waals surface area (Å²) >= 11 is 0. The lowest BCUT2D eigenvalue weighted by atomic mass is 9.91. The first-order valence-electron chi connectivity index (χ1n) is 9.81. The molecule has 0 saturated carbocycles. The minimum absolute atomic E-state index is 0.284. The van der Waals surface area contributed by atoms with E-state index >= 15 is 0 Å². The van der Waals surface area contributed by atoms with Crippen molar-refractivity contribution in [2.24, 2.45) is 0 Å². The third-order valence-electron chi connectivity index (χ3n) is 5.43. The van der Waals surface area contributed by atoms with E-state index in [4.69, 9.17) is 9.72 Å². The highest BCUT2D eigenvalue weighted by Crippen LogP contribution is 2.32. The van der Waals surface area contributed by atoms with Gasteiger partial charge in [-0.25, -0.2) is 0 Å². The molecule has 3 rings (SSSR count). The monoisotopic (exact) mass is 362 g/mol. The maximum Gasteiger partial charge on any atom is 0.118 e. The van der Waals surface area contributed by atoms with Crippen LogP contribution < -0.4 is 4.74 Å². The van der Waals surface area contributed by atoms with E-state index in [1.165, 1.54) is 22.4 Å². The SMILES string of the molecule is CCC1=C(c2nc(C(CC)c3ccc(OC)cc3)ccc2C)C=CCN1C. The van der Waals surface area contributed by atoms with Crippen molar-refractivity contribution in [3.05, 3.63) is 76.8 Å². The van der Waals surface area contributed by atoms with E-state index in [1.54, 1.807) is 7.11 Å². The van der Waals surface area contributed by atoms with Crippen LogP contribution in [0, 0.1) is 6.92 Å². The van der Waals surface area contributed by atoms with E-state index in [0.717, 1.165) is 36.5 Å². The van der Waals surface area contributed by atoms with E-state index in [1.807, 2.05) is 12.1 Å². The van der Waals surface area contributed by atoms with Gasteiger partial charge in [0, 0.05) is 36.5 Å². The number of pyridine rings is 1. The second kappa shape index (κ2) is 8.43. The number of allylic oxidation sites excluding steroid dienone is 3. The molecule has 0 N–H and O–H groups in total. The van der Waals surface area contributed by atoms with Crippen molar-refractivity contribution in [3.63, 3.8) is 0 Å². The van der Waals surface area contributed by atoms with Gasteiger partial charge in [-0.05, 0) is 49.1 Å². The fourth-order valence-corrected chi connectivity index (χ4v) is 3.88. The Kier molecular flexibility index (Phi) is 6.00. The largest absolute Gasteiger partial charge is 0.497 e. The van der Waals surface area contributed by atoms with Gasteiger partial charge in [-0.15, -0.1) is 0 Å². The fourth-order valence-electron chi connectivity index (χ4n) is 3.88. The summed E-state index contributed by atoms with van der Waals surface area (Å²) in [6, 6.07) is 12.8. The number of methoxy groups -OCH3 is 1. The second-order valence-corrected chi connectivity index (χ2v) is 7.13. The first kappa shape index (κ1) is 19.2. The fraction of sp³-hybridized carbons (Fsp3) is 0.375. The van der Waals surface area contributed by atoms with Crippen LogP contribution in [0.4, 0.5) is 0 Å². The molecule has 3 heteroatoms. The molecule has 0 saturated heterocycles. The molecule has 2 heterocycles. The zero-order valence-corrected chi connectivity index (χ0v) is 17.1. The normalized spacial score (nSPS) is 15.2. The third kappa shape index (κ3) is 3.92. The highest BCUT2D eigenvalue weighted by molar-refractivity contribution is 5.77. The summed E-state index contributed by atoms with van der Waals surface area (Å²) in [7, 11) is 3.86. The van der Waals surface area contributed by atoms with Crippen LogP contribution in [0.25, 0.3) is 5.57 Å². The van der Waals surface area contributed by atoms with Gasteiger partial charge in [0.15, 0.2) is 0 Å². The molecule has 0 spiro atoms. The highest BCUT2D eigenvalue weighted by atomic mass is 16.5. The molecular weight excluding hydrogens is 332 g/mol. The van der Waals surface area contributed by atoms with E-state index in [0.29, 0.717) is 0 Å². The molecule has 1 unspecified atom stereocenters. The van der Waals surface area contributed by atoms with Crippen LogP contribution in [-0.2, 0) is 0 Å². The number of aromatic nitrogens is 1. The number of ether oxygens (including phenoxy) is 1. The van der Waals surface area contributed by atoms with Crippen molar-refractivity contribution < 1.29 is 4.74 Å². The summed E-state index contributed by atoms with van der Waals surface area (Å²) < 4.78 is 5.30. The number of nitrogens with zero attached hydrogens (tertiary/aromatic N) is 2. The van der Waals surface area contributed by atoms with Crippen LogP contribution in [0.1, 0.15) is 55.1 Å². The molecule has 0 amide bonds. The Hall–Kier alpha value is -2.55. The van der Waals surface area contributed by atoms with Crippen molar-refractivity contribution >= 4 is 5.57 Å². The number of aryl methyl sites for hydroxylation is 1. The van der Waals surface area contributed by atoms with E-state index in [-0.39, 0.29) is 5.92 Å². The van der Waals surface area contributed by atoms with Crippen LogP contribution in [0.5, 0.6) is 5.75 Å². The van der Waals surface area contributed by atoms with Crippen molar-refractivity contribution in [3.8, 4) is 5.75 Å². The summed E-state index contributed by atoms with van der Waals surface area (Å²) in [5.74, 6) is 1.17. The average Bonchev–Trinajstić information content (AvgIpc) is 2.70. The molecule has 2 aromatic rings. The molecule has 1 aromatic heterocycles. The van der Waals surface area contributed by atoms with Crippen molar-refractivity contribution in [2.75, 3.05) is 20.7 Å². The quantitative estimate of drug-likeness (QED) is 0.672. The molecule has 0 fully saturated rings. The minimum Gasteiger partial charge on any atom is -0.497 e. The van der Waals surface area contributed by atoms with Gasteiger partial charge in [0.2, 0.25) is 0 Å². The molecule has 27 heavy (non-hydrogen) atoms. The summed E-state index contributed by atoms with van der Waals surface area (Å²) in [6.07, 6.45) is 6.49. The Balaban J connectivity index is 2.04. The Morgan fingerprint density at radius 3 is 2.48 bits per heavy atom. The zero-order valence-electron chi connectivity index (χ0n) is 17.1. The lowest BCUT2D eigenvalue weighted by molar-refractivity contribution is 0.414. The standard InChI is InChI=1S/C24H30N2O/c1-6-20(18-11-13-19(27-5)14-12-18)22-15-10-17(3)24(25-22)21-9-8-16-26(4)23(21)7-2/h8-15,20H,6-7,16H2,1-5H3. The van der Waals surface area contributed by atoms with E-state index < -0.39 is 0 Å². The van der Waals surface area contributed by atoms with Crippen LogP contribution in [-0.4, -0.2) is 30.6 Å². The van der Waals surface area contributed by atoms with Gasteiger partial charge in [-0.1, -0.05) is 44.2 Å². The first-order valence-corrected chi connectivity index (χ1v) is 9.81. The van der Waals surface area contributed by atoms with Crippen molar-refractivity contribution in [1.82, 2.24) is 9.88 Å². The van der Waals surface area contributed by atoms with Gasteiger partial charge in [0.1, 0.15) is 5.75 Å². The number of rotatable bonds is 6. The van der Waals surface area contributed by atoms with Gasteiger partial charge in [0.05, 0.1) is 12.8 Å². The zero-order chi connectivity index (χ0) is 19.4. The van der Waals surface area contributed by atoms with Gasteiger partial charge >= 0.3 is 0 Å². The molecule has 1 atom stereocenters. The Bertz CT molecular complexity index is 849. The lowest BCUT2D eigenvalue weighted by Crippen LogP contribution is -2.22. The molecule has 0 aliphatic carbocycles. The summed E-state index contributed by atoms with van der Waals surface area (Å²) in [5, 5.41) is 0. The number of benzene rings is 1. The van der Waals surface area contributed by atoms with Gasteiger partial charge in [-0.3, -0.25) is 4.98 Å². The highest BCUT2D eigenvalue weighted by Gasteiger charge is 2.19. The van der Waals surface area contributed by atoms with Crippen LogP contribution in [0.3, 0.4) is 0 Å².